The van der Waals surface area contributed by atoms with Crippen molar-refractivity contribution in [3.05, 3.63) is 23.8 Å². The van der Waals surface area contributed by atoms with E-state index in [9.17, 15) is 0 Å². The molecule has 0 atom stereocenters. The highest BCUT2D eigenvalue weighted by molar-refractivity contribution is 5.44. The molecule has 0 N–H and O–H groups in total. The molecule has 132 valence electrons. The van der Waals surface area contributed by atoms with Crippen molar-refractivity contribution in [2.75, 3.05) is 65.9 Å². The molecule has 3 aliphatic heterocycles. The van der Waals surface area contributed by atoms with Crippen molar-refractivity contribution in [1.29, 1.82) is 0 Å². The lowest BCUT2D eigenvalue weighted by Gasteiger charge is -2.36. The molecule has 1 aromatic carbocycles. The summed E-state index contributed by atoms with van der Waals surface area (Å²) in [7, 11) is 0. The molecule has 3 aliphatic rings. The van der Waals surface area contributed by atoms with E-state index in [1.807, 2.05) is 6.07 Å². The Morgan fingerprint density at radius 2 is 1.58 bits per heavy atom. The Balaban J connectivity index is 1.24. The van der Waals surface area contributed by atoms with E-state index in [0.29, 0.717) is 12.7 Å². The summed E-state index contributed by atoms with van der Waals surface area (Å²) in [5.74, 6) is 2.24. The average molecular weight is 334 g/mol. The Labute approximate surface area is 143 Å². The molecule has 24 heavy (non-hydrogen) atoms. The third kappa shape index (κ3) is 4.00. The molecule has 0 unspecified atom stereocenters. The van der Waals surface area contributed by atoms with Gasteiger partial charge in [-0.3, -0.25) is 4.90 Å². The number of benzene rings is 1. The molecule has 6 nitrogen and oxygen atoms in total. The van der Waals surface area contributed by atoms with Crippen LogP contribution in [0, 0.1) is 5.92 Å². The fourth-order valence-electron chi connectivity index (χ4n) is 3.56. The van der Waals surface area contributed by atoms with Gasteiger partial charge in [-0.2, -0.15) is 0 Å². The first-order valence-corrected chi connectivity index (χ1v) is 8.85. The van der Waals surface area contributed by atoms with Gasteiger partial charge in [0.2, 0.25) is 6.79 Å². The van der Waals surface area contributed by atoms with Gasteiger partial charge in [0, 0.05) is 45.2 Å². The molecule has 0 radical (unpaired) electrons. The van der Waals surface area contributed by atoms with Crippen LogP contribution in [0.15, 0.2) is 18.2 Å². The van der Waals surface area contributed by atoms with Crippen molar-refractivity contribution >= 4 is 0 Å². The van der Waals surface area contributed by atoms with Crippen LogP contribution >= 0.6 is 0 Å². The molecule has 6 heteroatoms. The Morgan fingerprint density at radius 1 is 0.875 bits per heavy atom. The molecule has 0 spiro atoms. The zero-order chi connectivity index (χ0) is 16.2. The molecule has 0 aromatic heterocycles. The molecular formula is C18H26N2O4. The summed E-state index contributed by atoms with van der Waals surface area (Å²) in [6, 6.07) is 6.26. The first-order chi connectivity index (χ1) is 11.9. The van der Waals surface area contributed by atoms with E-state index in [4.69, 9.17) is 18.9 Å². The Hall–Kier alpha value is -1.34. The van der Waals surface area contributed by atoms with Gasteiger partial charge in [-0.25, -0.2) is 0 Å². The number of nitrogens with zero attached hydrogens (tertiary/aromatic N) is 2. The number of rotatable bonds is 4. The first-order valence-electron chi connectivity index (χ1n) is 8.85. The summed E-state index contributed by atoms with van der Waals surface area (Å²) in [6.07, 6.45) is 0. The maximum atomic E-state index is 5.60. The molecular weight excluding hydrogens is 308 g/mol. The lowest BCUT2D eigenvalue weighted by Crippen LogP contribution is -2.48. The number of ether oxygens (including phenoxy) is 4. The summed E-state index contributed by atoms with van der Waals surface area (Å²) in [5.41, 5.74) is 1.29. The highest BCUT2D eigenvalue weighted by atomic mass is 16.7. The topological polar surface area (TPSA) is 43.4 Å². The molecule has 0 saturated carbocycles. The summed E-state index contributed by atoms with van der Waals surface area (Å²) >= 11 is 0. The number of fused-ring (bicyclic) bond motifs is 1. The molecule has 0 amide bonds. The highest BCUT2D eigenvalue weighted by Gasteiger charge is 2.22. The van der Waals surface area contributed by atoms with Crippen LogP contribution in [-0.4, -0.2) is 75.7 Å². The number of hydrogen-bond donors (Lipinski definition) is 0. The second-order valence-electron chi connectivity index (χ2n) is 6.78. The van der Waals surface area contributed by atoms with Crippen LogP contribution in [0.25, 0.3) is 0 Å². The van der Waals surface area contributed by atoms with Crippen molar-refractivity contribution in [3.8, 4) is 11.5 Å². The van der Waals surface area contributed by atoms with Crippen molar-refractivity contribution in [3.63, 3.8) is 0 Å². The van der Waals surface area contributed by atoms with Crippen LogP contribution in [0.2, 0.25) is 0 Å². The van der Waals surface area contributed by atoms with Crippen LogP contribution in [0.3, 0.4) is 0 Å². The van der Waals surface area contributed by atoms with Gasteiger partial charge in [0.25, 0.3) is 0 Å². The van der Waals surface area contributed by atoms with Crippen molar-refractivity contribution < 1.29 is 18.9 Å². The fourth-order valence-corrected chi connectivity index (χ4v) is 3.56. The maximum Gasteiger partial charge on any atom is 0.231 e. The first kappa shape index (κ1) is 16.1. The van der Waals surface area contributed by atoms with Crippen molar-refractivity contribution in [2.24, 2.45) is 5.92 Å². The van der Waals surface area contributed by atoms with E-state index in [1.54, 1.807) is 0 Å². The van der Waals surface area contributed by atoms with Crippen LogP contribution in [0.1, 0.15) is 5.56 Å². The zero-order valence-corrected chi connectivity index (χ0v) is 14.1. The monoisotopic (exact) mass is 334 g/mol. The molecule has 1 aromatic rings. The van der Waals surface area contributed by atoms with Crippen LogP contribution < -0.4 is 9.47 Å². The van der Waals surface area contributed by atoms with Gasteiger partial charge < -0.3 is 23.8 Å². The summed E-state index contributed by atoms with van der Waals surface area (Å²) in [5, 5.41) is 0. The van der Waals surface area contributed by atoms with E-state index in [0.717, 1.165) is 77.2 Å². The van der Waals surface area contributed by atoms with Gasteiger partial charge in [0.05, 0.1) is 26.4 Å². The van der Waals surface area contributed by atoms with Gasteiger partial charge in [0.15, 0.2) is 11.5 Å². The fraction of sp³-hybridized carbons (Fsp3) is 0.667. The third-order valence-corrected chi connectivity index (χ3v) is 4.90. The van der Waals surface area contributed by atoms with Crippen LogP contribution in [-0.2, 0) is 16.0 Å². The predicted octanol–water partition coefficient (Wildman–Crippen LogP) is 1.20. The summed E-state index contributed by atoms with van der Waals surface area (Å²) in [6.45, 7) is 9.95. The second kappa shape index (κ2) is 7.70. The molecule has 2 saturated heterocycles. The standard InChI is InChI=1S/C18H26N2O4/c1-2-17-18(24-14-23-17)9-15(1)10-19-3-5-20(6-4-19)11-16-12-21-7-8-22-13-16/h1-2,9,16H,3-8,10-14H2. The predicted molar refractivity (Wildman–Crippen MR) is 89.4 cm³/mol. The lowest BCUT2D eigenvalue weighted by molar-refractivity contribution is 0.0719. The zero-order valence-electron chi connectivity index (χ0n) is 14.1. The Morgan fingerprint density at radius 3 is 2.38 bits per heavy atom. The molecule has 0 bridgehead atoms. The van der Waals surface area contributed by atoms with Crippen molar-refractivity contribution in [2.45, 2.75) is 6.54 Å². The van der Waals surface area contributed by atoms with E-state index >= 15 is 0 Å². The van der Waals surface area contributed by atoms with Gasteiger partial charge in [0.1, 0.15) is 0 Å². The third-order valence-electron chi connectivity index (χ3n) is 4.90. The van der Waals surface area contributed by atoms with E-state index in [2.05, 4.69) is 21.9 Å². The van der Waals surface area contributed by atoms with E-state index in [1.165, 1.54) is 5.56 Å². The highest BCUT2D eigenvalue weighted by Crippen LogP contribution is 2.32. The minimum absolute atomic E-state index is 0.339. The van der Waals surface area contributed by atoms with E-state index in [-0.39, 0.29) is 0 Å². The molecule has 3 heterocycles. The van der Waals surface area contributed by atoms with Crippen molar-refractivity contribution in [1.82, 2.24) is 9.80 Å². The van der Waals surface area contributed by atoms with Gasteiger partial charge >= 0.3 is 0 Å². The van der Waals surface area contributed by atoms with Gasteiger partial charge in [-0.05, 0) is 17.7 Å². The normalized spacial score (nSPS) is 23.3. The Bertz CT molecular complexity index is 538. The minimum Gasteiger partial charge on any atom is -0.454 e. The maximum absolute atomic E-state index is 5.60. The number of hydrogen-bond acceptors (Lipinski definition) is 6. The minimum atomic E-state index is 0.339. The molecule has 4 rings (SSSR count). The van der Waals surface area contributed by atoms with E-state index < -0.39 is 0 Å². The lowest BCUT2D eigenvalue weighted by atomic mass is 10.1. The number of piperazine rings is 1. The average Bonchev–Trinajstić information content (AvgIpc) is 2.92. The largest absolute Gasteiger partial charge is 0.454 e. The van der Waals surface area contributed by atoms with Gasteiger partial charge in [-0.1, -0.05) is 6.07 Å². The SMILES string of the molecule is c1cc2c(cc1CN1CCN(CC3COCCOC3)CC1)OCO2. The van der Waals surface area contributed by atoms with Crippen LogP contribution in [0.4, 0.5) is 0 Å². The van der Waals surface area contributed by atoms with Gasteiger partial charge in [-0.15, -0.1) is 0 Å². The smallest absolute Gasteiger partial charge is 0.231 e. The summed E-state index contributed by atoms with van der Waals surface area (Å²) < 4.78 is 22.0. The Kier molecular flexibility index (Phi) is 5.18. The molecule has 2 fully saturated rings. The quantitative estimate of drug-likeness (QED) is 0.824. The second-order valence-corrected chi connectivity index (χ2v) is 6.78. The van der Waals surface area contributed by atoms with Crippen LogP contribution in [0.5, 0.6) is 11.5 Å². The molecule has 0 aliphatic carbocycles. The summed E-state index contributed by atoms with van der Waals surface area (Å²) in [4.78, 5) is 5.05.